The molecule has 1 aliphatic heterocycles. The second-order valence-electron chi connectivity index (χ2n) is 4.96. The van der Waals surface area contributed by atoms with Gasteiger partial charge in [-0.15, -0.1) is 0 Å². The van der Waals surface area contributed by atoms with Crippen molar-refractivity contribution in [2.45, 2.75) is 32.4 Å². The topological polar surface area (TPSA) is 21.3 Å². The van der Waals surface area contributed by atoms with E-state index in [4.69, 9.17) is 4.74 Å². The minimum Gasteiger partial charge on any atom is -0.488 e. The van der Waals surface area contributed by atoms with Gasteiger partial charge in [0.1, 0.15) is 11.9 Å². The Morgan fingerprint density at radius 3 is 2.82 bits per heavy atom. The van der Waals surface area contributed by atoms with Gasteiger partial charge >= 0.3 is 0 Å². The number of ether oxygens (including phenoxy) is 1. The minimum absolute atomic E-state index is 0.302. The van der Waals surface area contributed by atoms with Crippen molar-refractivity contribution >= 4 is 22.6 Å². The van der Waals surface area contributed by atoms with Crippen molar-refractivity contribution in [3.8, 4) is 5.75 Å². The van der Waals surface area contributed by atoms with Crippen molar-refractivity contribution in [2.24, 2.45) is 5.92 Å². The van der Waals surface area contributed by atoms with Crippen molar-refractivity contribution in [3.63, 3.8) is 0 Å². The molecule has 2 nitrogen and oxygen atoms in total. The van der Waals surface area contributed by atoms with Gasteiger partial charge in [0.05, 0.1) is 0 Å². The summed E-state index contributed by atoms with van der Waals surface area (Å²) in [4.78, 5) is 0. The highest BCUT2D eigenvalue weighted by molar-refractivity contribution is 14.1. The summed E-state index contributed by atoms with van der Waals surface area (Å²) in [5, 5.41) is 3.61. The van der Waals surface area contributed by atoms with E-state index in [1.54, 1.807) is 0 Å². The number of para-hydroxylation sites is 1. The van der Waals surface area contributed by atoms with E-state index in [1.807, 2.05) is 6.07 Å². The summed E-state index contributed by atoms with van der Waals surface area (Å²) in [7, 11) is 0. The van der Waals surface area contributed by atoms with Crippen LogP contribution in [0.2, 0.25) is 0 Å². The molecule has 1 heterocycles. The van der Waals surface area contributed by atoms with E-state index in [2.05, 4.69) is 60.0 Å². The first-order valence-corrected chi connectivity index (χ1v) is 7.77. The first kappa shape index (κ1) is 13.1. The van der Waals surface area contributed by atoms with E-state index in [0.29, 0.717) is 18.1 Å². The van der Waals surface area contributed by atoms with Gasteiger partial charge in [-0.05, 0) is 17.5 Å². The highest BCUT2D eigenvalue weighted by atomic mass is 127. The molecule has 1 aromatic rings. The van der Waals surface area contributed by atoms with E-state index < -0.39 is 0 Å². The van der Waals surface area contributed by atoms with Gasteiger partial charge in [0.15, 0.2) is 0 Å². The summed E-state index contributed by atoms with van der Waals surface area (Å²) in [5.41, 5.74) is 1.34. The predicted molar refractivity (Wildman–Crippen MR) is 80.1 cm³/mol. The number of hydrogen-bond acceptors (Lipinski definition) is 2. The van der Waals surface area contributed by atoms with Crippen molar-refractivity contribution in [1.29, 1.82) is 0 Å². The van der Waals surface area contributed by atoms with E-state index in [1.165, 1.54) is 5.56 Å². The monoisotopic (exact) mass is 345 g/mol. The van der Waals surface area contributed by atoms with Crippen LogP contribution in [0.5, 0.6) is 5.75 Å². The van der Waals surface area contributed by atoms with E-state index in [0.717, 1.165) is 23.1 Å². The fourth-order valence-electron chi connectivity index (χ4n) is 2.12. The largest absolute Gasteiger partial charge is 0.488 e. The van der Waals surface area contributed by atoms with E-state index in [9.17, 15) is 0 Å². The molecule has 1 aliphatic rings. The molecule has 0 radical (unpaired) electrons. The molecule has 0 aliphatic carbocycles. The molecule has 3 heteroatoms. The van der Waals surface area contributed by atoms with Crippen LogP contribution >= 0.6 is 22.6 Å². The van der Waals surface area contributed by atoms with Gasteiger partial charge in [0, 0.05) is 23.4 Å². The molecule has 0 fully saturated rings. The number of nitrogens with one attached hydrogen (secondary N) is 1. The molecule has 1 N–H and O–H groups in total. The Bertz CT molecular complexity index is 342. The smallest absolute Gasteiger partial charge is 0.123 e. The number of halogens is 1. The lowest BCUT2D eigenvalue weighted by molar-refractivity contribution is 0.218. The van der Waals surface area contributed by atoms with Gasteiger partial charge in [-0.25, -0.2) is 0 Å². The molecule has 1 aromatic carbocycles. The summed E-state index contributed by atoms with van der Waals surface area (Å²) >= 11 is 2.45. The molecule has 94 valence electrons. The Hall–Kier alpha value is -0.290. The second kappa shape index (κ2) is 6.05. The SMILES string of the molecule is CC(C)C(CI)NCC1Cc2ccccc2O1. The average molecular weight is 345 g/mol. The number of fused-ring (bicyclic) bond motifs is 1. The summed E-state index contributed by atoms with van der Waals surface area (Å²) in [6.45, 7) is 5.47. The normalized spacial score (nSPS) is 20.1. The van der Waals surface area contributed by atoms with Crippen molar-refractivity contribution in [1.82, 2.24) is 5.32 Å². The molecule has 0 spiro atoms. The Labute approximate surface area is 117 Å². The zero-order chi connectivity index (χ0) is 12.3. The lowest BCUT2D eigenvalue weighted by atomic mass is 10.1. The predicted octanol–water partition coefficient (Wildman–Crippen LogP) is 3.04. The fraction of sp³-hybridized carbons (Fsp3) is 0.571. The van der Waals surface area contributed by atoms with Gasteiger partial charge in [0.2, 0.25) is 0 Å². The molecular weight excluding hydrogens is 325 g/mol. The number of benzene rings is 1. The molecular formula is C14H20INO. The van der Waals surface area contributed by atoms with Crippen molar-refractivity contribution in [2.75, 3.05) is 11.0 Å². The van der Waals surface area contributed by atoms with Crippen LogP contribution in [0.1, 0.15) is 19.4 Å². The quantitative estimate of drug-likeness (QED) is 0.654. The van der Waals surface area contributed by atoms with Crippen molar-refractivity contribution < 1.29 is 4.74 Å². The molecule has 2 unspecified atom stereocenters. The van der Waals surface area contributed by atoms with Gasteiger partial charge in [-0.2, -0.15) is 0 Å². The van der Waals surface area contributed by atoms with Crippen LogP contribution in [0.15, 0.2) is 24.3 Å². The summed E-state index contributed by atoms with van der Waals surface area (Å²) in [5.74, 6) is 1.74. The maximum Gasteiger partial charge on any atom is 0.123 e. The summed E-state index contributed by atoms with van der Waals surface area (Å²) in [6.07, 6.45) is 1.34. The third-order valence-corrected chi connectivity index (χ3v) is 4.24. The molecule has 0 saturated carbocycles. The number of alkyl halides is 1. The Balaban J connectivity index is 1.84. The molecule has 0 saturated heterocycles. The van der Waals surface area contributed by atoms with Gasteiger partial charge in [-0.1, -0.05) is 54.6 Å². The molecule has 2 rings (SSSR count). The van der Waals surface area contributed by atoms with E-state index >= 15 is 0 Å². The first-order valence-electron chi connectivity index (χ1n) is 6.24. The third kappa shape index (κ3) is 3.35. The average Bonchev–Trinajstić information content (AvgIpc) is 2.71. The molecule has 17 heavy (non-hydrogen) atoms. The molecule has 2 atom stereocenters. The van der Waals surface area contributed by atoms with Crippen LogP contribution in [0.3, 0.4) is 0 Å². The van der Waals surface area contributed by atoms with Gasteiger partial charge in [0.25, 0.3) is 0 Å². The van der Waals surface area contributed by atoms with Crippen LogP contribution in [0.25, 0.3) is 0 Å². The fourth-order valence-corrected chi connectivity index (χ4v) is 3.45. The van der Waals surface area contributed by atoms with Crippen molar-refractivity contribution in [3.05, 3.63) is 29.8 Å². The Morgan fingerprint density at radius 2 is 2.18 bits per heavy atom. The van der Waals surface area contributed by atoms with Crippen LogP contribution in [-0.4, -0.2) is 23.1 Å². The minimum atomic E-state index is 0.302. The van der Waals surface area contributed by atoms with Crippen LogP contribution in [-0.2, 0) is 6.42 Å². The van der Waals surface area contributed by atoms with Crippen LogP contribution in [0.4, 0.5) is 0 Å². The second-order valence-corrected chi connectivity index (χ2v) is 5.85. The maximum absolute atomic E-state index is 5.92. The lowest BCUT2D eigenvalue weighted by Gasteiger charge is -2.22. The van der Waals surface area contributed by atoms with Crippen LogP contribution < -0.4 is 10.1 Å². The summed E-state index contributed by atoms with van der Waals surface area (Å²) < 4.78 is 7.06. The first-order chi connectivity index (χ1) is 8.20. The Morgan fingerprint density at radius 1 is 1.41 bits per heavy atom. The third-order valence-electron chi connectivity index (χ3n) is 3.29. The zero-order valence-corrected chi connectivity index (χ0v) is 12.6. The summed E-state index contributed by atoms with van der Waals surface area (Å²) in [6, 6.07) is 8.93. The molecule has 0 bridgehead atoms. The standard InChI is InChI=1S/C14H20INO/c1-10(2)13(8-15)16-9-12-7-11-5-3-4-6-14(11)17-12/h3-6,10,12-13,16H,7-9H2,1-2H3. The van der Waals surface area contributed by atoms with Gasteiger partial charge < -0.3 is 10.1 Å². The lowest BCUT2D eigenvalue weighted by Crippen LogP contribution is -2.41. The maximum atomic E-state index is 5.92. The van der Waals surface area contributed by atoms with Crippen LogP contribution in [0, 0.1) is 5.92 Å². The number of hydrogen-bond donors (Lipinski definition) is 1. The zero-order valence-electron chi connectivity index (χ0n) is 10.4. The Kier molecular flexibility index (Phi) is 4.68. The molecule has 0 amide bonds. The van der Waals surface area contributed by atoms with E-state index in [-0.39, 0.29) is 0 Å². The highest BCUT2D eigenvalue weighted by Crippen LogP contribution is 2.27. The number of rotatable bonds is 5. The molecule has 0 aromatic heterocycles. The highest BCUT2D eigenvalue weighted by Gasteiger charge is 2.23. The van der Waals surface area contributed by atoms with Gasteiger partial charge in [-0.3, -0.25) is 0 Å².